The van der Waals surface area contributed by atoms with Gasteiger partial charge >= 0.3 is 0 Å². The van der Waals surface area contributed by atoms with Crippen molar-refractivity contribution in [1.82, 2.24) is 9.97 Å². The predicted molar refractivity (Wildman–Crippen MR) is 65.1 cm³/mol. The van der Waals surface area contributed by atoms with E-state index in [1.54, 1.807) is 12.4 Å². The molecule has 0 unspecified atom stereocenters. The van der Waals surface area contributed by atoms with Gasteiger partial charge in [0.2, 0.25) is 16.0 Å². The predicted octanol–water partition coefficient (Wildman–Crippen LogP) is 0.0423. The number of piperidine rings is 1. The number of nitrogens with zero attached hydrogens (tertiary/aromatic N) is 3. The summed E-state index contributed by atoms with van der Waals surface area (Å²) in [5.74, 6) is 0.573. The molecule has 0 amide bonds. The zero-order valence-corrected chi connectivity index (χ0v) is 10.5. The van der Waals surface area contributed by atoms with E-state index in [4.69, 9.17) is 5.14 Å². The first-order valence-corrected chi connectivity index (χ1v) is 7.13. The number of rotatable bonds is 2. The Kier molecular flexibility index (Phi) is 3.30. The largest absolute Gasteiger partial charge is 0.339 e. The Morgan fingerprint density at radius 2 is 2.06 bits per heavy atom. The van der Waals surface area contributed by atoms with Crippen molar-refractivity contribution in [3.63, 3.8) is 0 Å². The molecular weight excluding hydrogens is 240 g/mol. The minimum absolute atomic E-state index is 0.377. The molecule has 0 bridgehead atoms. The molecule has 2 N–H and O–H groups in total. The van der Waals surface area contributed by atoms with Crippen LogP contribution >= 0.6 is 0 Å². The number of anilines is 1. The number of hydrogen-bond donors (Lipinski definition) is 1. The Bertz CT molecular complexity index is 486. The van der Waals surface area contributed by atoms with Crippen molar-refractivity contribution in [3.8, 4) is 0 Å². The summed E-state index contributed by atoms with van der Waals surface area (Å²) in [4.78, 5) is 10.3. The highest BCUT2D eigenvalue weighted by Crippen LogP contribution is 2.19. The van der Waals surface area contributed by atoms with Crippen molar-refractivity contribution in [1.29, 1.82) is 0 Å². The quantitative estimate of drug-likeness (QED) is 0.807. The van der Waals surface area contributed by atoms with E-state index in [1.165, 1.54) is 0 Å². The molecule has 1 saturated heterocycles. The summed E-state index contributed by atoms with van der Waals surface area (Å²) >= 11 is 0. The lowest BCUT2D eigenvalue weighted by Gasteiger charge is -2.31. The molecule has 1 fully saturated rings. The van der Waals surface area contributed by atoms with Crippen LogP contribution in [0, 0.1) is 6.92 Å². The molecule has 1 atom stereocenters. The van der Waals surface area contributed by atoms with Crippen LogP contribution in [0.3, 0.4) is 0 Å². The lowest BCUT2D eigenvalue weighted by Crippen LogP contribution is -2.45. The van der Waals surface area contributed by atoms with Crippen molar-refractivity contribution in [2.75, 3.05) is 18.0 Å². The highest BCUT2D eigenvalue weighted by Gasteiger charge is 2.29. The van der Waals surface area contributed by atoms with E-state index in [9.17, 15) is 8.42 Å². The molecule has 1 aromatic heterocycles. The van der Waals surface area contributed by atoms with Crippen LogP contribution in [0.4, 0.5) is 5.95 Å². The second-order valence-corrected chi connectivity index (χ2v) is 6.20. The fraction of sp³-hybridized carbons (Fsp3) is 0.600. The fourth-order valence-electron chi connectivity index (χ4n) is 1.94. The minimum atomic E-state index is -3.47. The molecule has 6 nitrogen and oxygen atoms in total. The van der Waals surface area contributed by atoms with Gasteiger partial charge in [-0.3, -0.25) is 0 Å². The number of primary sulfonamides is 1. The normalized spacial score (nSPS) is 21.5. The lowest BCUT2D eigenvalue weighted by atomic mass is 10.1. The van der Waals surface area contributed by atoms with Gasteiger partial charge in [0.25, 0.3) is 0 Å². The Balaban J connectivity index is 2.15. The number of hydrogen-bond acceptors (Lipinski definition) is 5. The van der Waals surface area contributed by atoms with Gasteiger partial charge in [0.15, 0.2) is 0 Å². The van der Waals surface area contributed by atoms with Crippen LogP contribution in [0.1, 0.15) is 18.4 Å². The molecule has 0 radical (unpaired) electrons. The lowest BCUT2D eigenvalue weighted by molar-refractivity contribution is 0.528. The molecule has 0 spiro atoms. The maximum absolute atomic E-state index is 11.3. The maximum Gasteiger partial charge on any atom is 0.225 e. The van der Waals surface area contributed by atoms with Gasteiger partial charge in [0.05, 0.1) is 5.25 Å². The minimum Gasteiger partial charge on any atom is -0.339 e. The molecule has 17 heavy (non-hydrogen) atoms. The SMILES string of the molecule is Cc1cnc(N2CCC[C@H](S(N)(=O)=O)C2)nc1. The molecule has 7 heteroatoms. The van der Waals surface area contributed by atoms with E-state index in [1.807, 2.05) is 11.8 Å². The third-order valence-corrected chi connectivity index (χ3v) is 4.21. The van der Waals surface area contributed by atoms with Crippen molar-refractivity contribution in [3.05, 3.63) is 18.0 Å². The van der Waals surface area contributed by atoms with E-state index in [0.717, 1.165) is 18.5 Å². The highest BCUT2D eigenvalue weighted by atomic mass is 32.2. The summed E-state index contributed by atoms with van der Waals surface area (Å²) in [5, 5.41) is 4.67. The summed E-state index contributed by atoms with van der Waals surface area (Å²) < 4.78 is 22.7. The number of sulfonamides is 1. The van der Waals surface area contributed by atoms with Crippen LogP contribution in [0.5, 0.6) is 0 Å². The van der Waals surface area contributed by atoms with Crippen molar-refractivity contribution >= 4 is 16.0 Å². The van der Waals surface area contributed by atoms with Crippen molar-refractivity contribution in [2.45, 2.75) is 25.0 Å². The standard InChI is InChI=1S/C10H16N4O2S/c1-8-5-12-10(13-6-8)14-4-2-3-9(7-14)17(11,15)16/h5-6,9H,2-4,7H2,1H3,(H2,11,15,16)/t9-/m0/s1. The van der Waals surface area contributed by atoms with Crippen LogP contribution < -0.4 is 10.0 Å². The van der Waals surface area contributed by atoms with Crippen LogP contribution in [0.2, 0.25) is 0 Å². The van der Waals surface area contributed by atoms with Gasteiger partial charge in [0.1, 0.15) is 0 Å². The zero-order chi connectivity index (χ0) is 12.5. The molecule has 2 heterocycles. The molecule has 2 rings (SSSR count). The van der Waals surface area contributed by atoms with Crippen LogP contribution in [-0.4, -0.2) is 36.7 Å². The molecule has 0 saturated carbocycles. The first-order valence-electron chi connectivity index (χ1n) is 5.52. The fourth-order valence-corrected chi connectivity index (χ4v) is 2.82. The van der Waals surface area contributed by atoms with Crippen molar-refractivity contribution < 1.29 is 8.42 Å². The molecular formula is C10H16N4O2S. The van der Waals surface area contributed by atoms with E-state index < -0.39 is 15.3 Å². The Morgan fingerprint density at radius 3 is 2.65 bits per heavy atom. The summed E-state index contributed by atoms with van der Waals surface area (Å²) in [5.41, 5.74) is 0.980. The molecule has 1 aliphatic rings. The van der Waals surface area contributed by atoms with Gasteiger partial charge in [-0.25, -0.2) is 23.5 Å². The summed E-state index contributed by atoms with van der Waals surface area (Å²) in [7, 11) is -3.47. The summed E-state index contributed by atoms with van der Waals surface area (Å²) in [6, 6.07) is 0. The molecule has 94 valence electrons. The van der Waals surface area contributed by atoms with Crippen LogP contribution in [0.25, 0.3) is 0 Å². The van der Waals surface area contributed by atoms with Gasteiger partial charge in [-0.2, -0.15) is 0 Å². The monoisotopic (exact) mass is 256 g/mol. The molecule has 0 aromatic carbocycles. The smallest absolute Gasteiger partial charge is 0.225 e. The van der Waals surface area contributed by atoms with E-state index >= 15 is 0 Å². The second kappa shape index (κ2) is 4.58. The van der Waals surface area contributed by atoms with E-state index in [2.05, 4.69) is 9.97 Å². The number of aryl methyl sites for hydroxylation is 1. The Hall–Kier alpha value is -1.21. The Labute approximate surface area is 101 Å². The summed E-state index contributed by atoms with van der Waals surface area (Å²) in [6.45, 7) is 3.06. The second-order valence-electron chi connectivity index (χ2n) is 4.36. The topological polar surface area (TPSA) is 89.2 Å². The highest BCUT2D eigenvalue weighted by molar-refractivity contribution is 7.89. The molecule has 0 aliphatic carbocycles. The number of aromatic nitrogens is 2. The van der Waals surface area contributed by atoms with Gasteiger partial charge in [0, 0.05) is 25.5 Å². The van der Waals surface area contributed by atoms with Crippen LogP contribution in [-0.2, 0) is 10.0 Å². The van der Waals surface area contributed by atoms with Gasteiger partial charge < -0.3 is 4.90 Å². The van der Waals surface area contributed by atoms with Crippen LogP contribution in [0.15, 0.2) is 12.4 Å². The number of nitrogens with two attached hydrogens (primary N) is 1. The first kappa shape index (κ1) is 12.3. The van der Waals surface area contributed by atoms with Crippen molar-refractivity contribution in [2.24, 2.45) is 5.14 Å². The Morgan fingerprint density at radius 1 is 1.41 bits per heavy atom. The average molecular weight is 256 g/mol. The third kappa shape index (κ3) is 2.92. The maximum atomic E-state index is 11.3. The molecule has 1 aliphatic heterocycles. The average Bonchev–Trinajstić information content (AvgIpc) is 2.29. The van der Waals surface area contributed by atoms with Gasteiger partial charge in [-0.05, 0) is 25.3 Å². The van der Waals surface area contributed by atoms with Gasteiger partial charge in [-0.1, -0.05) is 0 Å². The molecule has 1 aromatic rings. The van der Waals surface area contributed by atoms with Gasteiger partial charge in [-0.15, -0.1) is 0 Å². The third-order valence-electron chi connectivity index (χ3n) is 2.89. The first-order chi connectivity index (χ1) is 7.97. The van der Waals surface area contributed by atoms with E-state index in [0.29, 0.717) is 18.9 Å². The summed E-state index contributed by atoms with van der Waals surface area (Å²) in [6.07, 6.45) is 4.85. The van der Waals surface area contributed by atoms with E-state index in [-0.39, 0.29) is 0 Å². The zero-order valence-electron chi connectivity index (χ0n) is 9.70.